The Morgan fingerprint density at radius 2 is 2.05 bits per heavy atom. The van der Waals surface area contributed by atoms with E-state index in [1.807, 2.05) is 4.90 Å². The van der Waals surface area contributed by atoms with Gasteiger partial charge < -0.3 is 9.88 Å². The van der Waals surface area contributed by atoms with Crippen molar-refractivity contribution in [1.29, 1.82) is 0 Å². The Bertz CT molecular complexity index is 554. The number of hydrogen-bond acceptors (Lipinski definition) is 5. The van der Waals surface area contributed by atoms with Crippen molar-refractivity contribution >= 4 is 29.4 Å². The molecule has 1 aliphatic rings. The predicted octanol–water partition coefficient (Wildman–Crippen LogP) is 2.26. The minimum Gasteiger partial charge on any atom is -0.342 e. The third-order valence-electron chi connectivity index (χ3n) is 3.24. The minimum atomic E-state index is -0.0566. The second-order valence-corrected chi connectivity index (χ2v) is 6.91. The zero-order valence-electron chi connectivity index (χ0n) is 12.5. The number of hydrogen-bond donors (Lipinski definition) is 1. The van der Waals surface area contributed by atoms with Gasteiger partial charge in [-0.15, -0.1) is 0 Å². The van der Waals surface area contributed by atoms with E-state index in [-0.39, 0.29) is 11.5 Å². The van der Waals surface area contributed by atoms with E-state index in [9.17, 15) is 9.59 Å². The Hall–Kier alpha value is -0.950. The van der Waals surface area contributed by atoms with Gasteiger partial charge in [-0.2, -0.15) is 11.8 Å². The van der Waals surface area contributed by atoms with Crippen molar-refractivity contribution in [2.45, 2.75) is 43.4 Å². The Balaban J connectivity index is 1.98. The molecule has 0 saturated heterocycles. The summed E-state index contributed by atoms with van der Waals surface area (Å²) in [4.78, 5) is 33.2. The predicted molar refractivity (Wildman–Crippen MR) is 87.7 cm³/mol. The Morgan fingerprint density at radius 1 is 1.33 bits per heavy atom. The molecule has 0 aromatic carbocycles. The lowest BCUT2D eigenvalue weighted by Crippen LogP contribution is -2.33. The summed E-state index contributed by atoms with van der Waals surface area (Å²) >= 11 is 3.02. The van der Waals surface area contributed by atoms with Crippen LogP contribution in [-0.4, -0.2) is 39.6 Å². The maximum Gasteiger partial charge on any atom is 0.255 e. The highest BCUT2D eigenvalue weighted by atomic mass is 32.2. The molecule has 1 aliphatic heterocycles. The number of carbonyl (C=O) groups excluding carboxylic acids is 1. The maximum absolute atomic E-state index is 12.2. The zero-order valence-corrected chi connectivity index (χ0v) is 14.1. The van der Waals surface area contributed by atoms with Crippen LogP contribution in [-0.2, 0) is 16.3 Å². The number of aromatic nitrogens is 2. The van der Waals surface area contributed by atoms with Crippen molar-refractivity contribution in [2.75, 3.05) is 18.8 Å². The van der Waals surface area contributed by atoms with E-state index in [1.54, 1.807) is 11.8 Å². The second-order valence-electron chi connectivity index (χ2n) is 4.96. The topological polar surface area (TPSA) is 66.1 Å². The van der Waals surface area contributed by atoms with E-state index < -0.39 is 0 Å². The average molecular weight is 327 g/mol. The van der Waals surface area contributed by atoms with Crippen LogP contribution in [0.25, 0.3) is 0 Å². The van der Waals surface area contributed by atoms with Gasteiger partial charge in [0.25, 0.3) is 5.56 Å². The van der Waals surface area contributed by atoms with Crippen molar-refractivity contribution in [3.63, 3.8) is 0 Å². The molecular formula is C14H21N3O2S2. The third kappa shape index (κ3) is 4.26. The van der Waals surface area contributed by atoms with Crippen LogP contribution in [0.2, 0.25) is 0 Å². The maximum atomic E-state index is 12.2. The van der Waals surface area contributed by atoms with Crippen LogP contribution in [0.1, 0.15) is 37.9 Å². The molecular weight excluding hydrogens is 306 g/mol. The van der Waals surface area contributed by atoms with Gasteiger partial charge in [0.05, 0.1) is 11.4 Å². The molecule has 0 radical (unpaired) electrons. The summed E-state index contributed by atoms with van der Waals surface area (Å²) in [6.07, 6.45) is 1.92. The second kappa shape index (κ2) is 7.89. The lowest BCUT2D eigenvalue weighted by Gasteiger charge is -2.21. The van der Waals surface area contributed by atoms with E-state index in [0.29, 0.717) is 10.9 Å². The number of nitrogens with one attached hydrogen (secondary N) is 1. The molecule has 2 heterocycles. The van der Waals surface area contributed by atoms with Crippen LogP contribution >= 0.6 is 23.5 Å². The van der Waals surface area contributed by atoms with Crippen molar-refractivity contribution < 1.29 is 4.79 Å². The smallest absolute Gasteiger partial charge is 0.255 e. The third-order valence-corrected chi connectivity index (χ3v) is 5.07. The summed E-state index contributed by atoms with van der Waals surface area (Å²) < 4.78 is 0. The van der Waals surface area contributed by atoms with Gasteiger partial charge in [-0.3, -0.25) is 9.59 Å². The van der Waals surface area contributed by atoms with E-state index >= 15 is 0 Å². The highest BCUT2D eigenvalue weighted by Crippen LogP contribution is 2.26. The number of aromatic amines is 1. The number of carbonyl (C=O) groups is 1. The summed E-state index contributed by atoms with van der Waals surface area (Å²) in [5, 5.41) is 0.558. The fourth-order valence-electron chi connectivity index (χ4n) is 2.23. The first kappa shape index (κ1) is 16.4. The number of nitrogens with zero attached hydrogens (tertiary/aromatic N) is 2. The van der Waals surface area contributed by atoms with Gasteiger partial charge in [-0.1, -0.05) is 25.6 Å². The van der Waals surface area contributed by atoms with Gasteiger partial charge in [0, 0.05) is 30.2 Å². The van der Waals surface area contributed by atoms with Crippen LogP contribution in [0, 0.1) is 0 Å². The zero-order chi connectivity index (χ0) is 15.2. The molecule has 2 rings (SSSR count). The molecule has 0 bridgehead atoms. The first-order chi connectivity index (χ1) is 10.2. The molecule has 0 atom stereocenters. The number of rotatable bonds is 7. The van der Waals surface area contributed by atoms with Crippen molar-refractivity contribution in [2.24, 2.45) is 0 Å². The van der Waals surface area contributed by atoms with Crippen LogP contribution < -0.4 is 5.56 Å². The largest absolute Gasteiger partial charge is 0.342 e. The molecule has 0 unspecified atom stereocenters. The van der Waals surface area contributed by atoms with Gasteiger partial charge in [0.1, 0.15) is 0 Å². The van der Waals surface area contributed by atoms with Gasteiger partial charge in [0.15, 0.2) is 5.16 Å². The van der Waals surface area contributed by atoms with Gasteiger partial charge in [-0.05, 0) is 12.8 Å². The first-order valence-electron chi connectivity index (χ1n) is 7.26. The molecule has 1 N–H and O–H groups in total. The minimum absolute atomic E-state index is 0.0566. The summed E-state index contributed by atoms with van der Waals surface area (Å²) in [6, 6.07) is 0. The monoisotopic (exact) mass is 327 g/mol. The van der Waals surface area contributed by atoms with Crippen molar-refractivity contribution in [3.8, 4) is 0 Å². The van der Waals surface area contributed by atoms with Crippen molar-refractivity contribution in [3.05, 3.63) is 21.6 Å². The van der Waals surface area contributed by atoms with Crippen LogP contribution in [0.15, 0.2) is 9.95 Å². The lowest BCUT2D eigenvalue weighted by atomic mass is 10.3. The molecule has 21 heavy (non-hydrogen) atoms. The van der Waals surface area contributed by atoms with Crippen LogP contribution in [0.5, 0.6) is 0 Å². The fourth-order valence-corrected chi connectivity index (χ4v) is 4.05. The van der Waals surface area contributed by atoms with E-state index in [2.05, 4.69) is 23.8 Å². The Morgan fingerprint density at radius 3 is 2.71 bits per heavy atom. The molecule has 0 saturated carbocycles. The molecule has 0 spiro atoms. The quantitative estimate of drug-likeness (QED) is 0.615. The summed E-state index contributed by atoms with van der Waals surface area (Å²) in [7, 11) is 0. The Labute approximate surface area is 133 Å². The Kier molecular flexibility index (Phi) is 6.17. The van der Waals surface area contributed by atoms with Crippen molar-refractivity contribution in [1.82, 2.24) is 14.9 Å². The molecule has 0 aliphatic carbocycles. The first-order valence-corrected chi connectivity index (χ1v) is 9.40. The molecule has 1 aromatic heterocycles. The SMILES string of the molecule is CCCN(CCC)C(=O)CSc1nc2c(c(=O)[nH]1)CSC2. The molecule has 5 nitrogen and oxygen atoms in total. The number of amides is 1. The fraction of sp³-hybridized carbons (Fsp3) is 0.643. The van der Waals surface area contributed by atoms with E-state index in [4.69, 9.17) is 0 Å². The highest BCUT2D eigenvalue weighted by Gasteiger charge is 2.19. The number of H-pyrrole nitrogens is 1. The highest BCUT2D eigenvalue weighted by molar-refractivity contribution is 7.99. The lowest BCUT2D eigenvalue weighted by molar-refractivity contribution is -0.128. The standard InChI is InChI=1S/C14H21N3O2S2/c1-3-5-17(6-4-2)12(18)9-21-14-15-11-8-20-7-10(11)13(19)16-14/h3-9H2,1-2H3,(H,15,16,19). The molecule has 1 aromatic rings. The summed E-state index contributed by atoms with van der Waals surface area (Å²) in [5.41, 5.74) is 1.60. The van der Waals surface area contributed by atoms with Gasteiger partial charge >= 0.3 is 0 Å². The number of fused-ring (bicyclic) bond motifs is 1. The normalized spacial score (nSPS) is 13.2. The van der Waals surface area contributed by atoms with Gasteiger partial charge in [0.2, 0.25) is 5.91 Å². The number of thioether (sulfide) groups is 2. The van der Waals surface area contributed by atoms with E-state index in [0.717, 1.165) is 48.7 Å². The molecule has 7 heteroatoms. The van der Waals surface area contributed by atoms with Crippen LogP contribution in [0.4, 0.5) is 0 Å². The summed E-state index contributed by atoms with van der Waals surface area (Å²) in [5.74, 6) is 1.97. The average Bonchev–Trinajstić information content (AvgIpc) is 2.93. The van der Waals surface area contributed by atoms with Crippen LogP contribution in [0.3, 0.4) is 0 Å². The molecule has 0 fully saturated rings. The van der Waals surface area contributed by atoms with Gasteiger partial charge in [-0.25, -0.2) is 4.98 Å². The summed E-state index contributed by atoms with van der Waals surface area (Å²) in [6.45, 7) is 5.72. The molecule has 1 amide bonds. The van der Waals surface area contributed by atoms with E-state index in [1.165, 1.54) is 11.8 Å². The molecule has 116 valence electrons.